The highest BCUT2D eigenvalue weighted by atomic mass is 35.5. The summed E-state index contributed by atoms with van der Waals surface area (Å²) >= 11 is 12.1. The van der Waals surface area contributed by atoms with Crippen LogP contribution in [-0.2, 0) is 16.0 Å². The molecule has 6 nitrogen and oxygen atoms in total. The van der Waals surface area contributed by atoms with Crippen LogP contribution in [0.4, 0.5) is 5.69 Å². The maximum Gasteiger partial charge on any atom is 0.255 e. The van der Waals surface area contributed by atoms with Crippen LogP contribution < -0.4 is 15.8 Å². The standard InChI is InChI=1S/C16H15Cl2N3O3/c1-9-5-13(17)12(16(18)20-9)7-15(23)21-10-3-2-4-11(6-10)24-8-14(19)22/h2-6H,7-8H2,1H3,(H2,19,22)(H,21,23). The average molecular weight is 368 g/mol. The van der Waals surface area contributed by atoms with Gasteiger partial charge in [-0.15, -0.1) is 0 Å². The lowest BCUT2D eigenvalue weighted by Gasteiger charge is -2.10. The largest absolute Gasteiger partial charge is 0.484 e. The quantitative estimate of drug-likeness (QED) is 0.767. The van der Waals surface area contributed by atoms with Crippen molar-refractivity contribution in [3.8, 4) is 5.75 Å². The molecular weight excluding hydrogens is 353 g/mol. The molecule has 8 heteroatoms. The summed E-state index contributed by atoms with van der Waals surface area (Å²) in [4.78, 5) is 27.0. The van der Waals surface area contributed by atoms with Crippen molar-refractivity contribution in [2.75, 3.05) is 11.9 Å². The van der Waals surface area contributed by atoms with E-state index in [0.717, 1.165) is 0 Å². The van der Waals surface area contributed by atoms with Crippen LogP contribution >= 0.6 is 23.2 Å². The van der Waals surface area contributed by atoms with E-state index in [4.69, 9.17) is 33.7 Å². The number of primary amides is 1. The Morgan fingerprint density at radius 1 is 1.29 bits per heavy atom. The molecule has 0 unspecified atom stereocenters. The molecule has 2 aromatic rings. The van der Waals surface area contributed by atoms with Crippen LogP contribution in [0.3, 0.4) is 0 Å². The van der Waals surface area contributed by atoms with E-state index < -0.39 is 5.91 Å². The van der Waals surface area contributed by atoms with Crippen LogP contribution in [0.25, 0.3) is 0 Å². The van der Waals surface area contributed by atoms with Crippen molar-refractivity contribution in [1.82, 2.24) is 4.98 Å². The van der Waals surface area contributed by atoms with Gasteiger partial charge in [0.2, 0.25) is 5.91 Å². The number of hydrogen-bond acceptors (Lipinski definition) is 4. The average Bonchev–Trinajstić information content (AvgIpc) is 2.49. The Balaban J connectivity index is 2.05. The topological polar surface area (TPSA) is 94.3 Å². The predicted molar refractivity (Wildman–Crippen MR) is 92.5 cm³/mol. The van der Waals surface area contributed by atoms with E-state index in [1.807, 2.05) is 0 Å². The first-order valence-electron chi connectivity index (χ1n) is 6.97. The van der Waals surface area contributed by atoms with Crippen LogP contribution in [0.5, 0.6) is 5.75 Å². The highest BCUT2D eigenvalue weighted by Crippen LogP contribution is 2.25. The maximum absolute atomic E-state index is 12.2. The van der Waals surface area contributed by atoms with Crippen molar-refractivity contribution in [3.05, 3.63) is 51.8 Å². The lowest BCUT2D eigenvalue weighted by Crippen LogP contribution is -2.20. The van der Waals surface area contributed by atoms with Gasteiger partial charge in [0.1, 0.15) is 10.9 Å². The molecule has 0 radical (unpaired) electrons. The summed E-state index contributed by atoms with van der Waals surface area (Å²) in [6.07, 6.45) is -0.0166. The summed E-state index contributed by atoms with van der Waals surface area (Å²) in [6, 6.07) is 8.24. The number of nitrogens with one attached hydrogen (secondary N) is 1. The highest BCUT2D eigenvalue weighted by Gasteiger charge is 2.13. The van der Waals surface area contributed by atoms with E-state index in [9.17, 15) is 9.59 Å². The molecule has 1 aromatic heterocycles. The van der Waals surface area contributed by atoms with Gasteiger partial charge in [-0.1, -0.05) is 29.3 Å². The minimum atomic E-state index is -0.583. The minimum absolute atomic E-state index is 0.0166. The second kappa shape index (κ2) is 7.99. The van der Waals surface area contributed by atoms with Gasteiger partial charge < -0.3 is 15.8 Å². The van der Waals surface area contributed by atoms with E-state index in [1.54, 1.807) is 37.3 Å². The maximum atomic E-state index is 12.2. The SMILES string of the molecule is Cc1cc(Cl)c(CC(=O)Nc2cccc(OCC(N)=O)c2)c(Cl)n1. The lowest BCUT2D eigenvalue weighted by molar-refractivity contribution is -0.120. The second-order valence-electron chi connectivity index (χ2n) is 5.02. The monoisotopic (exact) mass is 367 g/mol. The van der Waals surface area contributed by atoms with Crippen molar-refractivity contribution in [2.45, 2.75) is 13.3 Å². The molecule has 1 heterocycles. The Kier molecular flexibility index (Phi) is 6.00. The number of carbonyl (C=O) groups is 2. The van der Waals surface area contributed by atoms with Crippen molar-refractivity contribution < 1.29 is 14.3 Å². The van der Waals surface area contributed by atoms with Crippen LogP contribution in [0.1, 0.15) is 11.3 Å². The van der Waals surface area contributed by atoms with Gasteiger partial charge in [0, 0.05) is 28.0 Å². The first-order valence-corrected chi connectivity index (χ1v) is 7.73. The summed E-state index contributed by atoms with van der Waals surface area (Å²) in [5.41, 5.74) is 6.66. The number of aromatic nitrogens is 1. The van der Waals surface area contributed by atoms with Crippen LogP contribution in [0.2, 0.25) is 10.2 Å². The number of anilines is 1. The first kappa shape index (κ1) is 18.0. The van der Waals surface area contributed by atoms with Crippen LogP contribution in [-0.4, -0.2) is 23.4 Å². The van der Waals surface area contributed by atoms with Gasteiger partial charge in [0.15, 0.2) is 6.61 Å². The molecule has 0 aliphatic heterocycles. The minimum Gasteiger partial charge on any atom is -0.484 e. The Hall–Kier alpha value is -2.31. The summed E-state index contributed by atoms with van der Waals surface area (Å²) in [5, 5.41) is 3.30. The molecule has 0 saturated heterocycles. The smallest absolute Gasteiger partial charge is 0.255 e. The molecule has 2 rings (SSSR count). The van der Waals surface area contributed by atoms with Crippen LogP contribution in [0.15, 0.2) is 30.3 Å². The number of ether oxygens (including phenoxy) is 1. The van der Waals surface area contributed by atoms with Gasteiger partial charge in [-0.05, 0) is 25.1 Å². The van der Waals surface area contributed by atoms with E-state index in [1.165, 1.54) is 0 Å². The number of rotatable bonds is 6. The number of nitrogens with two attached hydrogens (primary N) is 1. The summed E-state index contributed by atoms with van der Waals surface area (Å²) < 4.78 is 5.18. The molecule has 1 aromatic carbocycles. The lowest BCUT2D eigenvalue weighted by atomic mass is 10.2. The summed E-state index contributed by atoms with van der Waals surface area (Å²) in [6.45, 7) is 1.52. The summed E-state index contributed by atoms with van der Waals surface area (Å²) in [5.74, 6) is -0.475. The van der Waals surface area contributed by atoms with E-state index in [-0.39, 0.29) is 24.1 Å². The zero-order chi connectivity index (χ0) is 17.7. The molecule has 0 aliphatic carbocycles. The third kappa shape index (κ3) is 5.11. The molecule has 0 atom stereocenters. The van der Waals surface area contributed by atoms with Crippen molar-refractivity contribution in [3.63, 3.8) is 0 Å². The fourth-order valence-electron chi connectivity index (χ4n) is 1.96. The second-order valence-corrected chi connectivity index (χ2v) is 5.79. The molecule has 0 spiro atoms. The van der Waals surface area contributed by atoms with Gasteiger partial charge in [0.25, 0.3) is 5.91 Å². The molecule has 0 fully saturated rings. The number of nitrogens with zero attached hydrogens (tertiary/aromatic N) is 1. The zero-order valence-corrected chi connectivity index (χ0v) is 14.3. The van der Waals surface area contributed by atoms with E-state index >= 15 is 0 Å². The fourth-order valence-corrected chi connectivity index (χ4v) is 2.63. The van der Waals surface area contributed by atoms with E-state index in [0.29, 0.717) is 27.7 Å². The number of carbonyl (C=O) groups excluding carboxylic acids is 2. The number of halogens is 2. The number of amides is 2. The van der Waals surface area contributed by atoms with Gasteiger partial charge in [0.05, 0.1) is 6.42 Å². The molecule has 3 N–H and O–H groups in total. The van der Waals surface area contributed by atoms with Crippen LogP contribution in [0, 0.1) is 6.92 Å². The van der Waals surface area contributed by atoms with Gasteiger partial charge in [-0.25, -0.2) is 4.98 Å². The predicted octanol–water partition coefficient (Wildman–Crippen LogP) is 2.74. The fraction of sp³-hybridized carbons (Fsp3) is 0.188. The number of aryl methyl sites for hydroxylation is 1. The zero-order valence-electron chi connectivity index (χ0n) is 12.8. The molecule has 24 heavy (non-hydrogen) atoms. The van der Waals surface area contributed by atoms with Crippen molar-refractivity contribution >= 4 is 40.7 Å². The molecule has 2 amide bonds. The molecular formula is C16H15Cl2N3O3. The number of pyridine rings is 1. The molecule has 0 saturated carbocycles. The molecule has 0 aliphatic rings. The molecule has 126 valence electrons. The van der Waals surface area contributed by atoms with Crippen molar-refractivity contribution in [1.29, 1.82) is 0 Å². The van der Waals surface area contributed by atoms with Gasteiger partial charge >= 0.3 is 0 Å². The number of hydrogen-bond donors (Lipinski definition) is 2. The van der Waals surface area contributed by atoms with Crippen molar-refractivity contribution in [2.24, 2.45) is 5.73 Å². The Morgan fingerprint density at radius 3 is 2.71 bits per heavy atom. The van der Waals surface area contributed by atoms with E-state index in [2.05, 4.69) is 10.3 Å². The third-order valence-corrected chi connectivity index (χ3v) is 3.63. The van der Waals surface area contributed by atoms with Gasteiger partial charge in [-0.3, -0.25) is 9.59 Å². The van der Waals surface area contributed by atoms with Gasteiger partial charge in [-0.2, -0.15) is 0 Å². The Morgan fingerprint density at radius 2 is 2.04 bits per heavy atom. The third-order valence-electron chi connectivity index (χ3n) is 2.98. The Labute approximate surface area is 148 Å². The number of benzene rings is 1. The first-order chi connectivity index (χ1) is 11.3. The Bertz CT molecular complexity index is 758. The normalized spacial score (nSPS) is 10.3. The highest BCUT2D eigenvalue weighted by molar-refractivity contribution is 6.35. The molecule has 0 bridgehead atoms. The summed E-state index contributed by atoms with van der Waals surface area (Å²) in [7, 11) is 0.